The molecule has 4 rings (SSSR count). The average molecular weight is 433 g/mol. The zero-order valence-corrected chi connectivity index (χ0v) is 17.6. The van der Waals surface area contributed by atoms with Crippen LogP contribution in [0, 0.1) is 6.92 Å². The molecule has 0 atom stereocenters. The van der Waals surface area contributed by atoms with E-state index in [9.17, 15) is 4.79 Å². The lowest BCUT2D eigenvalue weighted by Crippen LogP contribution is -2.11. The number of benzene rings is 2. The van der Waals surface area contributed by atoms with Crippen LogP contribution < -0.4 is 10.1 Å². The van der Waals surface area contributed by atoms with Gasteiger partial charge in [0.2, 0.25) is 11.7 Å². The Kier molecular flexibility index (Phi) is 6.59. The first-order valence-electron chi connectivity index (χ1n) is 9.61. The van der Waals surface area contributed by atoms with Crippen LogP contribution in [-0.2, 0) is 12.4 Å². The number of pyridine rings is 1. The molecule has 0 aliphatic heterocycles. The molecule has 0 saturated heterocycles. The first kappa shape index (κ1) is 20.6. The van der Waals surface area contributed by atoms with Crippen molar-refractivity contribution in [3.05, 3.63) is 95.9 Å². The molecule has 2 aromatic heterocycles. The highest BCUT2D eigenvalue weighted by Crippen LogP contribution is 2.24. The van der Waals surface area contributed by atoms with Crippen LogP contribution in [0.25, 0.3) is 0 Å². The Balaban J connectivity index is 1.28. The number of hydrogen-bond acceptors (Lipinski definition) is 7. The normalized spacial score (nSPS) is 10.6. The minimum atomic E-state index is -0.184. The van der Waals surface area contributed by atoms with Crippen molar-refractivity contribution >= 4 is 23.4 Å². The smallest absolute Gasteiger partial charge is 0.255 e. The number of nitrogens with zero attached hydrogens (tertiary/aromatic N) is 3. The third-order valence-corrected chi connectivity index (χ3v) is 5.38. The number of ether oxygens (including phenoxy) is 1. The second kappa shape index (κ2) is 9.90. The number of rotatable bonds is 8. The van der Waals surface area contributed by atoms with Crippen molar-refractivity contribution in [1.82, 2.24) is 15.1 Å². The van der Waals surface area contributed by atoms with Gasteiger partial charge in [-0.3, -0.25) is 9.78 Å². The second-order valence-electron chi connectivity index (χ2n) is 6.67. The fraction of sp³-hybridized carbons (Fsp3) is 0.130. The van der Waals surface area contributed by atoms with Crippen molar-refractivity contribution in [3.8, 4) is 5.75 Å². The molecule has 0 unspecified atom stereocenters. The molecule has 0 spiro atoms. The fourth-order valence-corrected chi connectivity index (χ4v) is 3.57. The molecule has 0 fully saturated rings. The summed E-state index contributed by atoms with van der Waals surface area (Å²) in [6.45, 7) is 1.92. The van der Waals surface area contributed by atoms with Gasteiger partial charge >= 0.3 is 0 Å². The monoisotopic (exact) mass is 432 g/mol. The van der Waals surface area contributed by atoms with Gasteiger partial charge in [-0.25, -0.2) is 0 Å². The third kappa shape index (κ3) is 5.93. The van der Waals surface area contributed by atoms with E-state index in [1.54, 1.807) is 49.1 Å². The highest BCUT2D eigenvalue weighted by atomic mass is 32.2. The average Bonchev–Trinajstić information content (AvgIpc) is 3.23. The molecule has 2 aromatic carbocycles. The van der Waals surface area contributed by atoms with Crippen molar-refractivity contribution < 1.29 is 14.1 Å². The number of anilines is 1. The summed E-state index contributed by atoms with van der Waals surface area (Å²) in [5, 5.41) is 6.68. The van der Waals surface area contributed by atoms with E-state index in [0.29, 0.717) is 23.0 Å². The molecule has 1 amide bonds. The van der Waals surface area contributed by atoms with E-state index in [0.717, 1.165) is 16.3 Å². The minimum absolute atomic E-state index is 0.184. The number of carbonyl (C=O) groups excluding carboxylic acids is 1. The molecule has 0 bridgehead atoms. The van der Waals surface area contributed by atoms with Crippen LogP contribution in [0.1, 0.15) is 27.6 Å². The Labute approximate surface area is 183 Å². The third-order valence-electron chi connectivity index (χ3n) is 4.29. The molecule has 7 nitrogen and oxygen atoms in total. The summed E-state index contributed by atoms with van der Waals surface area (Å²) in [4.78, 5) is 21.8. The predicted octanol–water partition coefficient (Wildman–Crippen LogP) is 4.90. The van der Waals surface area contributed by atoms with Crippen LogP contribution in [0.5, 0.6) is 5.75 Å². The Morgan fingerprint density at radius 1 is 1.10 bits per heavy atom. The highest BCUT2D eigenvalue weighted by molar-refractivity contribution is 7.98. The summed E-state index contributed by atoms with van der Waals surface area (Å²) in [5.74, 6) is 2.25. The lowest BCUT2D eigenvalue weighted by atomic mass is 10.2. The van der Waals surface area contributed by atoms with Gasteiger partial charge in [0.25, 0.3) is 5.91 Å². The first-order valence-corrected chi connectivity index (χ1v) is 10.6. The zero-order valence-electron chi connectivity index (χ0n) is 16.8. The van der Waals surface area contributed by atoms with E-state index in [1.165, 1.54) is 5.56 Å². The van der Waals surface area contributed by atoms with Gasteiger partial charge in [-0.05, 0) is 60.2 Å². The van der Waals surface area contributed by atoms with Gasteiger partial charge in [-0.2, -0.15) is 4.98 Å². The molecule has 31 heavy (non-hydrogen) atoms. The van der Waals surface area contributed by atoms with E-state index >= 15 is 0 Å². The van der Waals surface area contributed by atoms with Crippen molar-refractivity contribution in [1.29, 1.82) is 0 Å². The van der Waals surface area contributed by atoms with Crippen molar-refractivity contribution in [2.75, 3.05) is 5.32 Å². The first-order chi connectivity index (χ1) is 15.2. The number of hydrogen-bond donors (Lipinski definition) is 1. The van der Waals surface area contributed by atoms with Crippen molar-refractivity contribution in [3.63, 3.8) is 0 Å². The lowest BCUT2D eigenvalue weighted by molar-refractivity contribution is 0.102. The summed E-state index contributed by atoms with van der Waals surface area (Å²) in [6.07, 6.45) is 3.63. The topological polar surface area (TPSA) is 90.1 Å². The summed E-state index contributed by atoms with van der Waals surface area (Å²) < 4.78 is 10.5. The van der Waals surface area contributed by atoms with Crippen LogP contribution in [0.4, 0.5) is 5.69 Å². The molecule has 2 heterocycles. The maximum Gasteiger partial charge on any atom is 0.255 e. The van der Waals surface area contributed by atoms with E-state index < -0.39 is 0 Å². The van der Waals surface area contributed by atoms with E-state index in [2.05, 4.69) is 26.5 Å². The Morgan fingerprint density at radius 3 is 2.58 bits per heavy atom. The quantitative estimate of drug-likeness (QED) is 0.396. The number of thioether (sulfide) groups is 1. The van der Waals surface area contributed by atoms with Crippen molar-refractivity contribution in [2.45, 2.75) is 24.2 Å². The van der Waals surface area contributed by atoms with Crippen LogP contribution in [0.3, 0.4) is 0 Å². The van der Waals surface area contributed by atoms with Gasteiger partial charge in [-0.1, -0.05) is 11.2 Å². The van der Waals surface area contributed by atoms with Crippen LogP contribution in [0.2, 0.25) is 0 Å². The highest BCUT2D eigenvalue weighted by Gasteiger charge is 2.08. The van der Waals surface area contributed by atoms with E-state index in [-0.39, 0.29) is 12.5 Å². The van der Waals surface area contributed by atoms with E-state index in [4.69, 9.17) is 9.26 Å². The molecular formula is C23H20N4O3S. The fourth-order valence-electron chi connectivity index (χ4n) is 2.74. The number of aryl methyl sites for hydroxylation is 1. The van der Waals surface area contributed by atoms with Crippen LogP contribution in [0.15, 0.2) is 82.5 Å². The van der Waals surface area contributed by atoms with Crippen molar-refractivity contribution in [2.24, 2.45) is 0 Å². The zero-order chi connectivity index (χ0) is 21.5. The van der Waals surface area contributed by atoms with Gasteiger partial charge < -0.3 is 14.6 Å². The van der Waals surface area contributed by atoms with E-state index in [1.807, 2.05) is 36.5 Å². The number of nitrogens with one attached hydrogen (secondary N) is 1. The molecule has 0 aliphatic rings. The Bertz CT molecular complexity index is 1130. The molecule has 0 saturated carbocycles. The molecular weight excluding hydrogens is 412 g/mol. The standard InChI is InChI=1S/C23H20N4O3S/c1-16-25-22(27-30-16)14-29-20-8-4-18(5-9-20)23(28)26-19-6-10-21(11-7-19)31-15-17-3-2-12-24-13-17/h2-13H,14-15H2,1H3,(H,26,28). The minimum Gasteiger partial charge on any atom is -0.485 e. The molecule has 0 aliphatic carbocycles. The van der Waals surface area contributed by atoms with Crippen LogP contribution >= 0.6 is 11.8 Å². The van der Waals surface area contributed by atoms with Gasteiger partial charge in [0.1, 0.15) is 5.75 Å². The summed E-state index contributed by atoms with van der Waals surface area (Å²) in [6, 6.07) is 18.7. The summed E-state index contributed by atoms with van der Waals surface area (Å²) in [5.41, 5.74) is 2.45. The number of amides is 1. The predicted molar refractivity (Wildman–Crippen MR) is 118 cm³/mol. The molecule has 8 heteroatoms. The van der Waals surface area contributed by atoms with Gasteiger partial charge in [0.05, 0.1) is 0 Å². The lowest BCUT2D eigenvalue weighted by Gasteiger charge is -2.08. The molecule has 156 valence electrons. The number of carbonyl (C=O) groups is 1. The largest absolute Gasteiger partial charge is 0.485 e. The Hall–Kier alpha value is -3.65. The second-order valence-corrected chi connectivity index (χ2v) is 7.72. The Morgan fingerprint density at radius 2 is 1.90 bits per heavy atom. The maximum atomic E-state index is 12.5. The summed E-state index contributed by atoms with van der Waals surface area (Å²) in [7, 11) is 0. The van der Waals surface area contributed by atoms with Crippen LogP contribution in [-0.4, -0.2) is 21.0 Å². The van der Waals surface area contributed by atoms with Gasteiger partial charge in [-0.15, -0.1) is 11.8 Å². The molecule has 1 N–H and O–H groups in total. The molecule has 4 aromatic rings. The SMILES string of the molecule is Cc1nc(COc2ccc(C(=O)Nc3ccc(SCc4cccnc4)cc3)cc2)no1. The van der Waals surface area contributed by atoms with Gasteiger partial charge in [0, 0.05) is 41.2 Å². The maximum absolute atomic E-state index is 12.5. The van der Waals surface area contributed by atoms with Gasteiger partial charge in [0.15, 0.2) is 6.61 Å². The number of aromatic nitrogens is 3. The summed E-state index contributed by atoms with van der Waals surface area (Å²) >= 11 is 1.72. The molecule has 0 radical (unpaired) electrons.